The van der Waals surface area contributed by atoms with Crippen molar-refractivity contribution >= 4 is 24.6 Å². The lowest BCUT2D eigenvalue weighted by Gasteiger charge is -2.18. The van der Waals surface area contributed by atoms with Gasteiger partial charge in [-0.1, -0.05) is 78.9 Å². The van der Waals surface area contributed by atoms with Crippen molar-refractivity contribution in [3.63, 3.8) is 0 Å². The van der Waals surface area contributed by atoms with Crippen LogP contribution in [0.5, 0.6) is 0 Å². The Balaban J connectivity index is 1.46. The first kappa shape index (κ1) is 21.0. The summed E-state index contributed by atoms with van der Waals surface area (Å²) in [6.07, 6.45) is 0.279. The lowest BCUT2D eigenvalue weighted by molar-refractivity contribution is 0.133. The van der Waals surface area contributed by atoms with Crippen LogP contribution in [-0.4, -0.2) is 22.2 Å². The van der Waals surface area contributed by atoms with E-state index in [1.54, 1.807) is 18.3 Å². The van der Waals surface area contributed by atoms with Gasteiger partial charge in [-0.2, -0.15) is 9.78 Å². The molecule has 1 heterocycles. The highest BCUT2D eigenvalue weighted by Gasteiger charge is 2.28. The molecule has 1 aromatic heterocycles. The van der Waals surface area contributed by atoms with Crippen LogP contribution >= 0.6 is 7.60 Å². The van der Waals surface area contributed by atoms with E-state index in [2.05, 4.69) is 5.10 Å². The van der Waals surface area contributed by atoms with E-state index in [4.69, 9.17) is 13.8 Å². The van der Waals surface area contributed by atoms with Gasteiger partial charge >= 0.3 is 13.7 Å². The Hall–Kier alpha value is -3.25. The molecule has 0 spiro atoms. The summed E-state index contributed by atoms with van der Waals surface area (Å²) in [5.41, 5.74) is 2.25. The van der Waals surface area contributed by atoms with Crippen LogP contribution in [0.4, 0.5) is 4.79 Å². The van der Waals surface area contributed by atoms with Gasteiger partial charge in [0.2, 0.25) is 0 Å². The minimum atomic E-state index is -3.75. The van der Waals surface area contributed by atoms with Gasteiger partial charge in [0.1, 0.15) is 0 Å². The van der Waals surface area contributed by atoms with E-state index in [1.807, 2.05) is 72.8 Å². The molecule has 8 heteroatoms. The lowest BCUT2D eigenvalue weighted by Crippen LogP contribution is -2.17. The van der Waals surface area contributed by atoms with E-state index >= 15 is 0 Å². The fourth-order valence-corrected chi connectivity index (χ4v) is 4.10. The number of carbonyl (C=O) groups is 1. The number of rotatable bonds is 8. The fourth-order valence-electron chi connectivity index (χ4n) is 2.92. The number of hydrogen-bond acceptors (Lipinski definition) is 6. The average Bonchev–Trinajstić information content (AvgIpc) is 3.26. The third-order valence-electron chi connectivity index (χ3n) is 4.54. The first-order valence-corrected chi connectivity index (χ1v) is 11.4. The van der Waals surface area contributed by atoms with Gasteiger partial charge in [-0.25, -0.2) is 4.79 Å². The predicted octanol–water partition coefficient (Wildman–Crippen LogP) is 5.61. The summed E-state index contributed by atoms with van der Waals surface area (Å²) >= 11 is 0. The molecule has 0 atom stereocenters. The number of ether oxygens (including phenoxy) is 1. The van der Waals surface area contributed by atoms with Crippen molar-refractivity contribution in [2.24, 2.45) is 0 Å². The predicted molar refractivity (Wildman–Crippen MR) is 117 cm³/mol. The van der Waals surface area contributed by atoms with Gasteiger partial charge in [0.15, 0.2) is 6.35 Å². The fraction of sp³-hybridized carbons (Fsp3) is 0.130. The molecule has 0 radical (unpaired) electrons. The van der Waals surface area contributed by atoms with Crippen molar-refractivity contribution in [2.45, 2.75) is 13.2 Å². The summed E-state index contributed by atoms with van der Waals surface area (Å²) in [4.78, 5) is 12.6. The van der Waals surface area contributed by atoms with E-state index in [0.717, 1.165) is 21.2 Å². The lowest BCUT2D eigenvalue weighted by atomic mass is 10.2. The second kappa shape index (κ2) is 9.71. The zero-order valence-electron chi connectivity index (χ0n) is 16.7. The molecule has 4 rings (SSSR count). The van der Waals surface area contributed by atoms with Crippen LogP contribution in [0, 0.1) is 0 Å². The molecular weight excluding hydrogens is 415 g/mol. The van der Waals surface area contributed by atoms with Gasteiger partial charge in [-0.15, -0.1) is 0 Å². The second-order valence-electron chi connectivity index (χ2n) is 6.78. The van der Waals surface area contributed by atoms with Crippen LogP contribution in [0.3, 0.4) is 0 Å². The van der Waals surface area contributed by atoms with Crippen LogP contribution in [-0.2, 0) is 31.6 Å². The third-order valence-corrected chi connectivity index (χ3v) is 6.03. The van der Waals surface area contributed by atoms with Crippen LogP contribution in [0.2, 0.25) is 0 Å². The zero-order valence-corrected chi connectivity index (χ0v) is 17.6. The quantitative estimate of drug-likeness (QED) is 0.334. The maximum absolute atomic E-state index is 13.3. The first-order chi connectivity index (χ1) is 15.1. The van der Waals surface area contributed by atoms with E-state index < -0.39 is 20.0 Å². The molecule has 0 aliphatic heterocycles. The number of nitrogens with zero attached hydrogens (tertiary/aromatic N) is 2. The summed E-state index contributed by atoms with van der Waals surface area (Å²) < 4.78 is 31.0. The molecule has 158 valence electrons. The zero-order chi connectivity index (χ0) is 21.5. The Bertz CT molecular complexity index is 1150. The molecule has 7 nitrogen and oxygen atoms in total. The Morgan fingerprint density at radius 1 is 0.806 bits per heavy atom. The topological polar surface area (TPSA) is 79.7 Å². The average molecular weight is 436 g/mol. The highest BCUT2D eigenvalue weighted by Crippen LogP contribution is 2.49. The van der Waals surface area contributed by atoms with E-state index in [-0.39, 0.29) is 13.2 Å². The normalized spacial score (nSPS) is 11.5. The van der Waals surface area contributed by atoms with Crippen molar-refractivity contribution in [1.82, 2.24) is 9.78 Å². The van der Waals surface area contributed by atoms with E-state index in [9.17, 15) is 9.36 Å². The van der Waals surface area contributed by atoms with Crippen LogP contribution < -0.4 is 0 Å². The van der Waals surface area contributed by atoms with Crippen molar-refractivity contribution < 1.29 is 23.1 Å². The maximum Gasteiger partial charge on any atom is 0.435 e. The molecule has 3 aromatic carbocycles. The Labute approximate surface area is 179 Å². The van der Waals surface area contributed by atoms with Gasteiger partial charge in [0.05, 0.1) is 24.9 Å². The van der Waals surface area contributed by atoms with Crippen LogP contribution in [0.1, 0.15) is 11.1 Å². The van der Waals surface area contributed by atoms with Crippen LogP contribution in [0.25, 0.3) is 10.9 Å². The molecule has 0 bridgehead atoms. The molecular formula is C23H21N2O5P. The number of fused-ring (bicyclic) bond motifs is 1. The Morgan fingerprint density at radius 2 is 1.35 bits per heavy atom. The molecule has 0 unspecified atom stereocenters. The Kier molecular flexibility index (Phi) is 6.57. The Morgan fingerprint density at radius 3 is 1.97 bits per heavy atom. The molecule has 0 saturated heterocycles. The van der Waals surface area contributed by atoms with Gasteiger partial charge in [0.25, 0.3) is 0 Å². The molecule has 31 heavy (non-hydrogen) atoms. The number of benzene rings is 3. The smallest absolute Gasteiger partial charge is 0.435 e. The largest absolute Gasteiger partial charge is 0.435 e. The van der Waals surface area contributed by atoms with Gasteiger partial charge < -0.3 is 13.8 Å². The minimum absolute atomic E-state index is 0.0646. The minimum Gasteiger partial charge on any atom is -0.435 e. The van der Waals surface area contributed by atoms with Gasteiger partial charge in [0, 0.05) is 5.39 Å². The molecule has 0 amide bonds. The first-order valence-electron chi connectivity index (χ1n) is 9.69. The molecule has 0 aliphatic carbocycles. The third kappa shape index (κ3) is 5.47. The highest BCUT2D eigenvalue weighted by atomic mass is 31.2. The van der Waals surface area contributed by atoms with Crippen molar-refractivity contribution in [2.75, 3.05) is 6.35 Å². The highest BCUT2D eigenvalue weighted by molar-refractivity contribution is 7.53. The summed E-state index contributed by atoms with van der Waals surface area (Å²) in [5, 5.41) is 4.85. The monoisotopic (exact) mass is 436 g/mol. The standard InChI is InChI=1S/C23H21N2O5P/c26-23(25-22-14-8-7-13-21(22)15-24-25)28-18-31(27,29-16-19-9-3-1-4-10-19)30-17-20-11-5-2-6-12-20/h1-15H,16-18H2. The summed E-state index contributed by atoms with van der Waals surface area (Å²) in [6.45, 7) is 0.129. The molecule has 0 aliphatic rings. The number of hydrogen-bond donors (Lipinski definition) is 0. The SMILES string of the molecule is O=C(OCP(=O)(OCc1ccccc1)OCc1ccccc1)n1ncc2ccccc21. The number of aromatic nitrogens is 2. The van der Waals surface area contributed by atoms with Crippen LogP contribution in [0.15, 0.2) is 91.1 Å². The summed E-state index contributed by atoms with van der Waals surface area (Å²) in [6, 6.07) is 25.8. The summed E-state index contributed by atoms with van der Waals surface area (Å²) in [5.74, 6) is 0. The molecule has 0 saturated carbocycles. The second-order valence-corrected chi connectivity index (χ2v) is 8.78. The van der Waals surface area contributed by atoms with E-state index in [0.29, 0.717) is 5.52 Å². The van der Waals surface area contributed by atoms with Crippen molar-refractivity contribution in [1.29, 1.82) is 0 Å². The summed E-state index contributed by atoms with van der Waals surface area (Å²) in [7, 11) is -3.75. The van der Waals surface area contributed by atoms with Gasteiger partial charge in [-0.05, 0) is 17.2 Å². The number of carbonyl (C=O) groups excluding carboxylic acids is 1. The van der Waals surface area contributed by atoms with Gasteiger partial charge in [-0.3, -0.25) is 4.57 Å². The number of para-hydroxylation sites is 1. The molecule has 0 fully saturated rings. The van der Waals surface area contributed by atoms with Crippen molar-refractivity contribution in [3.8, 4) is 0 Å². The molecule has 4 aromatic rings. The maximum atomic E-state index is 13.3. The van der Waals surface area contributed by atoms with Crippen molar-refractivity contribution in [3.05, 3.63) is 102 Å². The van der Waals surface area contributed by atoms with E-state index in [1.165, 1.54) is 0 Å². The molecule has 0 N–H and O–H groups in total.